The minimum atomic E-state index is -3.23. The Hall–Kier alpha value is -1.80. The zero-order valence-electron chi connectivity index (χ0n) is 14.1. The molecule has 0 saturated carbocycles. The molecule has 0 aromatic carbocycles. The van der Waals surface area contributed by atoms with Crippen LogP contribution < -0.4 is 0 Å². The molecule has 1 aliphatic rings. The SMILES string of the molecule is Cc1ncc(CN2CCC[C@H](Cc3[nH]ncc3S(C)(=O)=O)C2)cn1. The van der Waals surface area contributed by atoms with E-state index in [2.05, 4.69) is 25.1 Å². The van der Waals surface area contributed by atoms with Crippen molar-refractivity contribution in [2.24, 2.45) is 5.92 Å². The Kier molecular flexibility index (Phi) is 4.96. The van der Waals surface area contributed by atoms with Crippen LogP contribution in [0.5, 0.6) is 0 Å². The zero-order chi connectivity index (χ0) is 17.2. The van der Waals surface area contributed by atoms with Crippen LogP contribution in [0.2, 0.25) is 0 Å². The van der Waals surface area contributed by atoms with Gasteiger partial charge < -0.3 is 0 Å². The number of aromatic amines is 1. The topological polar surface area (TPSA) is 91.8 Å². The lowest BCUT2D eigenvalue weighted by molar-refractivity contribution is 0.165. The van der Waals surface area contributed by atoms with Crippen LogP contribution in [0.4, 0.5) is 0 Å². The van der Waals surface area contributed by atoms with Crippen LogP contribution >= 0.6 is 0 Å². The number of nitrogens with one attached hydrogen (secondary N) is 1. The normalized spacial score (nSPS) is 19.5. The highest BCUT2D eigenvalue weighted by Crippen LogP contribution is 2.24. The van der Waals surface area contributed by atoms with E-state index >= 15 is 0 Å². The highest BCUT2D eigenvalue weighted by Gasteiger charge is 2.24. The van der Waals surface area contributed by atoms with E-state index in [-0.39, 0.29) is 0 Å². The molecule has 3 rings (SSSR count). The minimum absolute atomic E-state index is 0.326. The molecule has 0 amide bonds. The molecule has 24 heavy (non-hydrogen) atoms. The number of sulfone groups is 1. The van der Waals surface area contributed by atoms with E-state index in [1.165, 1.54) is 12.5 Å². The van der Waals surface area contributed by atoms with E-state index in [9.17, 15) is 8.42 Å². The first-order valence-corrected chi connectivity index (χ1v) is 10.0. The average Bonchev–Trinajstić information content (AvgIpc) is 2.98. The monoisotopic (exact) mass is 349 g/mol. The molecule has 1 aliphatic heterocycles. The quantitative estimate of drug-likeness (QED) is 0.876. The van der Waals surface area contributed by atoms with Crippen molar-refractivity contribution in [2.75, 3.05) is 19.3 Å². The van der Waals surface area contributed by atoms with Gasteiger partial charge >= 0.3 is 0 Å². The van der Waals surface area contributed by atoms with Gasteiger partial charge in [0.2, 0.25) is 0 Å². The lowest BCUT2D eigenvalue weighted by Crippen LogP contribution is -2.36. The maximum absolute atomic E-state index is 11.8. The van der Waals surface area contributed by atoms with Crippen molar-refractivity contribution in [3.05, 3.63) is 35.7 Å². The molecule has 7 nitrogen and oxygen atoms in total. The van der Waals surface area contributed by atoms with E-state index in [1.54, 1.807) is 0 Å². The second kappa shape index (κ2) is 6.98. The van der Waals surface area contributed by atoms with Crippen LogP contribution in [-0.2, 0) is 22.8 Å². The van der Waals surface area contributed by atoms with Gasteiger partial charge in [0.05, 0.1) is 11.9 Å². The Balaban J connectivity index is 1.64. The molecule has 8 heteroatoms. The van der Waals surface area contributed by atoms with E-state index in [0.29, 0.717) is 17.2 Å². The highest BCUT2D eigenvalue weighted by molar-refractivity contribution is 7.90. The van der Waals surface area contributed by atoms with Gasteiger partial charge in [-0.25, -0.2) is 18.4 Å². The van der Waals surface area contributed by atoms with E-state index in [4.69, 9.17) is 0 Å². The lowest BCUT2D eigenvalue weighted by Gasteiger charge is -2.32. The first-order valence-electron chi connectivity index (χ1n) is 8.14. The van der Waals surface area contributed by atoms with Crippen molar-refractivity contribution in [3.8, 4) is 0 Å². The maximum atomic E-state index is 11.8. The number of aryl methyl sites for hydroxylation is 1. The summed E-state index contributed by atoms with van der Waals surface area (Å²) in [4.78, 5) is 11.2. The molecular weight excluding hydrogens is 326 g/mol. The summed E-state index contributed by atoms with van der Waals surface area (Å²) in [7, 11) is -3.23. The number of rotatable bonds is 5. The van der Waals surface area contributed by atoms with Crippen molar-refractivity contribution < 1.29 is 8.42 Å². The van der Waals surface area contributed by atoms with Crippen molar-refractivity contribution in [3.63, 3.8) is 0 Å². The van der Waals surface area contributed by atoms with Crippen LogP contribution in [-0.4, -0.2) is 52.8 Å². The Morgan fingerprint density at radius 3 is 2.75 bits per heavy atom. The minimum Gasteiger partial charge on any atom is -0.299 e. The van der Waals surface area contributed by atoms with Gasteiger partial charge in [0.15, 0.2) is 9.84 Å². The Bertz CT molecular complexity index is 785. The molecule has 3 heterocycles. The predicted octanol–water partition coefficient (Wildman–Crippen LogP) is 1.37. The summed E-state index contributed by atoms with van der Waals surface area (Å²) in [5.74, 6) is 1.20. The third-order valence-corrected chi connectivity index (χ3v) is 5.57. The number of piperidine rings is 1. The molecule has 130 valence electrons. The number of nitrogens with zero attached hydrogens (tertiary/aromatic N) is 4. The highest BCUT2D eigenvalue weighted by atomic mass is 32.2. The van der Waals surface area contributed by atoms with Gasteiger partial charge in [-0.3, -0.25) is 10.00 Å². The summed E-state index contributed by atoms with van der Waals surface area (Å²) in [5.41, 5.74) is 1.84. The van der Waals surface area contributed by atoms with E-state index in [0.717, 1.165) is 49.6 Å². The van der Waals surface area contributed by atoms with E-state index < -0.39 is 9.84 Å². The van der Waals surface area contributed by atoms with Crippen molar-refractivity contribution in [1.29, 1.82) is 0 Å². The first-order chi connectivity index (χ1) is 11.4. The van der Waals surface area contributed by atoms with Crippen LogP contribution in [0.3, 0.4) is 0 Å². The molecule has 0 aliphatic carbocycles. The van der Waals surface area contributed by atoms with Gasteiger partial charge in [-0.15, -0.1) is 0 Å². The third-order valence-electron chi connectivity index (χ3n) is 4.41. The smallest absolute Gasteiger partial charge is 0.178 e. The van der Waals surface area contributed by atoms with Gasteiger partial charge in [0, 0.05) is 37.3 Å². The Labute approximate surface area is 142 Å². The van der Waals surface area contributed by atoms with Crippen LogP contribution in [0.15, 0.2) is 23.5 Å². The van der Waals surface area contributed by atoms with Crippen LogP contribution in [0.25, 0.3) is 0 Å². The van der Waals surface area contributed by atoms with Gasteiger partial charge in [-0.1, -0.05) is 0 Å². The molecular formula is C16H23N5O2S. The Morgan fingerprint density at radius 1 is 1.29 bits per heavy atom. The standard InChI is InChI=1S/C16H23N5O2S/c1-12-17-7-14(8-18-12)11-21-5-3-4-13(10-21)6-15-16(9-19-20-15)24(2,22)23/h7-9,13H,3-6,10-11H2,1-2H3,(H,19,20)/t13-/m1/s1. The molecule has 1 fully saturated rings. The molecule has 1 N–H and O–H groups in total. The van der Waals surface area contributed by atoms with Crippen molar-refractivity contribution >= 4 is 9.84 Å². The molecule has 0 radical (unpaired) electrons. The summed E-state index contributed by atoms with van der Waals surface area (Å²) in [6, 6.07) is 0. The fourth-order valence-corrected chi connectivity index (χ4v) is 4.10. The summed E-state index contributed by atoms with van der Waals surface area (Å²) in [5, 5.41) is 6.78. The van der Waals surface area contributed by atoms with Gasteiger partial charge in [0.25, 0.3) is 0 Å². The summed E-state index contributed by atoms with van der Waals surface area (Å²) in [6.07, 6.45) is 9.32. The van der Waals surface area contributed by atoms with Crippen molar-refractivity contribution in [1.82, 2.24) is 25.1 Å². The lowest BCUT2D eigenvalue weighted by atomic mass is 9.93. The predicted molar refractivity (Wildman–Crippen MR) is 90.2 cm³/mol. The largest absolute Gasteiger partial charge is 0.299 e. The number of hydrogen-bond acceptors (Lipinski definition) is 6. The van der Waals surface area contributed by atoms with Crippen LogP contribution in [0.1, 0.15) is 29.9 Å². The molecule has 2 aromatic heterocycles. The number of hydrogen-bond donors (Lipinski definition) is 1. The summed E-state index contributed by atoms with van der Waals surface area (Å²) >= 11 is 0. The molecule has 1 atom stereocenters. The number of aromatic nitrogens is 4. The fourth-order valence-electron chi connectivity index (χ4n) is 3.28. The van der Waals surface area contributed by atoms with Gasteiger partial charge in [-0.05, 0) is 38.6 Å². The molecule has 0 spiro atoms. The van der Waals surface area contributed by atoms with E-state index in [1.807, 2.05) is 19.3 Å². The fraction of sp³-hybridized carbons (Fsp3) is 0.562. The Morgan fingerprint density at radius 2 is 2.04 bits per heavy atom. The van der Waals surface area contributed by atoms with Crippen LogP contribution in [0, 0.1) is 12.8 Å². The van der Waals surface area contributed by atoms with Gasteiger partial charge in [0.1, 0.15) is 10.7 Å². The second-order valence-corrected chi connectivity index (χ2v) is 8.56. The van der Waals surface area contributed by atoms with Crippen molar-refractivity contribution in [2.45, 2.75) is 37.6 Å². The number of likely N-dealkylation sites (tertiary alicyclic amines) is 1. The maximum Gasteiger partial charge on any atom is 0.178 e. The average molecular weight is 349 g/mol. The molecule has 2 aromatic rings. The molecule has 0 unspecified atom stereocenters. The zero-order valence-corrected chi connectivity index (χ0v) is 14.9. The summed E-state index contributed by atoms with van der Waals surface area (Å²) < 4.78 is 23.6. The van der Waals surface area contributed by atoms with Gasteiger partial charge in [-0.2, -0.15) is 5.10 Å². The first kappa shape index (κ1) is 17.0. The molecule has 1 saturated heterocycles. The number of H-pyrrole nitrogens is 1. The summed E-state index contributed by atoms with van der Waals surface area (Å²) in [6.45, 7) is 4.70. The second-order valence-electron chi connectivity index (χ2n) is 6.57. The third kappa shape index (κ3) is 4.18. The molecule has 0 bridgehead atoms.